The number of alkyl halides is 3. The smallest absolute Gasteiger partial charge is 0.367 e. The third kappa shape index (κ3) is 3.59. The topological polar surface area (TPSA) is 85.1 Å². The second-order valence-electron chi connectivity index (χ2n) is 7.75. The Labute approximate surface area is 173 Å². The molecule has 3 atom stereocenters. The van der Waals surface area contributed by atoms with Crippen LogP contribution in [0, 0.1) is 0 Å². The van der Waals surface area contributed by atoms with Crippen molar-refractivity contribution in [3.05, 3.63) is 24.2 Å². The average Bonchev–Trinajstić information content (AvgIpc) is 3.44. The molecule has 166 valence electrons. The van der Waals surface area contributed by atoms with Gasteiger partial charge in [-0.05, 0) is 32.6 Å². The minimum atomic E-state index is -4.43. The lowest BCUT2D eigenvalue weighted by Gasteiger charge is -2.32. The molecule has 1 fully saturated rings. The van der Waals surface area contributed by atoms with Crippen LogP contribution in [0.3, 0.4) is 0 Å². The number of fused-ring (bicyclic) bond motifs is 1. The van der Waals surface area contributed by atoms with Crippen molar-refractivity contribution in [1.29, 1.82) is 0 Å². The van der Waals surface area contributed by atoms with Gasteiger partial charge in [0.15, 0.2) is 6.04 Å². The van der Waals surface area contributed by atoms with Crippen molar-refractivity contribution in [2.24, 2.45) is 0 Å². The summed E-state index contributed by atoms with van der Waals surface area (Å²) in [6.07, 6.45) is -0.0815. The maximum absolute atomic E-state index is 13.6. The van der Waals surface area contributed by atoms with Crippen LogP contribution in [-0.4, -0.2) is 51.0 Å². The molecule has 0 spiro atoms. The van der Waals surface area contributed by atoms with Gasteiger partial charge in [-0.1, -0.05) is 6.92 Å². The Morgan fingerprint density at radius 1 is 1.30 bits per heavy atom. The number of nitrogens with zero attached hydrogens (tertiary/aromatic N) is 5. The first-order valence-corrected chi connectivity index (χ1v) is 11.6. The van der Waals surface area contributed by atoms with E-state index >= 15 is 0 Å². The van der Waals surface area contributed by atoms with Crippen LogP contribution in [0.1, 0.15) is 57.3 Å². The standard InChI is InChI=1S/C18H25F3N6O2S/c1-3-12-8-16(18(19,20)21)27-17(23-12)9-14(24-27)15-6-5-7-26(15)30(28,29)13-10-22-25(4-2)11-13/h9-12,15-16,23H,3-8H2,1-2H3/t12-,15-,16-/m0/s1. The highest BCUT2D eigenvalue weighted by Crippen LogP contribution is 2.43. The van der Waals surface area contributed by atoms with E-state index in [1.54, 1.807) is 6.07 Å². The highest BCUT2D eigenvalue weighted by molar-refractivity contribution is 7.89. The fourth-order valence-electron chi connectivity index (χ4n) is 4.21. The molecule has 0 saturated carbocycles. The summed E-state index contributed by atoms with van der Waals surface area (Å²) in [5, 5.41) is 11.4. The van der Waals surface area contributed by atoms with Gasteiger partial charge in [-0.2, -0.15) is 27.7 Å². The molecule has 4 rings (SSSR count). The molecule has 1 saturated heterocycles. The molecule has 0 aliphatic carbocycles. The molecule has 1 N–H and O–H groups in total. The van der Waals surface area contributed by atoms with Crippen molar-refractivity contribution in [2.45, 2.75) is 75.3 Å². The average molecular weight is 446 g/mol. The summed E-state index contributed by atoms with van der Waals surface area (Å²) in [6.45, 7) is 4.52. The lowest BCUT2D eigenvalue weighted by atomic mass is 10.0. The maximum atomic E-state index is 13.6. The van der Waals surface area contributed by atoms with E-state index in [4.69, 9.17) is 0 Å². The van der Waals surface area contributed by atoms with Gasteiger partial charge in [-0.15, -0.1) is 0 Å². The second kappa shape index (κ2) is 7.56. The number of rotatable bonds is 5. The minimum Gasteiger partial charge on any atom is -0.367 e. The number of aryl methyl sites for hydroxylation is 1. The summed E-state index contributed by atoms with van der Waals surface area (Å²) in [4.78, 5) is 0.0811. The van der Waals surface area contributed by atoms with Crippen LogP contribution >= 0.6 is 0 Å². The summed E-state index contributed by atoms with van der Waals surface area (Å²) < 4.78 is 71.0. The zero-order valence-electron chi connectivity index (χ0n) is 16.8. The monoisotopic (exact) mass is 446 g/mol. The zero-order valence-corrected chi connectivity index (χ0v) is 17.6. The van der Waals surface area contributed by atoms with Crippen LogP contribution in [0.4, 0.5) is 19.0 Å². The molecule has 12 heteroatoms. The van der Waals surface area contributed by atoms with Gasteiger partial charge in [0, 0.05) is 31.4 Å². The Hall–Kier alpha value is -2.08. The van der Waals surface area contributed by atoms with E-state index in [1.807, 2.05) is 13.8 Å². The van der Waals surface area contributed by atoms with E-state index < -0.39 is 28.3 Å². The highest BCUT2D eigenvalue weighted by atomic mass is 32.2. The molecule has 0 radical (unpaired) electrons. The van der Waals surface area contributed by atoms with E-state index in [9.17, 15) is 21.6 Å². The summed E-state index contributed by atoms with van der Waals surface area (Å²) in [5.41, 5.74) is 0.340. The summed E-state index contributed by atoms with van der Waals surface area (Å²) >= 11 is 0. The van der Waals surface area contributed by atoms with Crippen LogP contribution in [0.25, 0.3) is 0 Å². The van der Waals surface area contributed by atoms with Crippen LogP contribution in [0.5, 0.6) is 0 Å². The van der Waals surface area contributed by atoms with Crippen LogP contribution in [-0.2, 0) is 16.6 Å². The van der Waals surface area contributed by atoms with E-state index in [0.29, 0.717) is 38.0 Å². The summed E-state index contributed by atoms with van der Waals surface area (Å²) in [7, 11) is -3.83. The molecule has 30 heavy (non-hydrogen) atoms. The molecule has 2 aromatic heterocycles. The fourth-order valence-corrected chi connectivity index (χ4v) is 5.83. The summed E-state index contributed by atoms with van der Waals surface area (Å²) in [5.74, 6) is 0.286. The van der Waals surface area contributed by atoms with E-state index in [1.165, 1.54) is 21.4 Å². The number of nitrogens with one attached hydrogen (secondary N) is 1. The predicted molar refractivity (Wildman–Crippen MR) is 103 cm³/mol. The Bertz CT molecular complexity index is 1020. The van der Waals surface area contributed by atoms with E-state index in [0.717, 1.165) is 4.68 Å². The quantitative estimate of drug-likeness (QED) is 0.762. The van der Waals surface area contributed by atoms with Crippen LogP contribution in [0.15, 0.2) is 23.4 Å². The number of aromatic nitrogens is 4. The molecule has 0 unspecified atom stereocenters. The Kier molecular flexibility index (Phi) is 5.33. The number of anilines is 1. The lowest BCUT2D eigenvalue weighted by molar-refractivity contribution is -0.173. The van der Waals surface area contributed by atoms with Gasteiger partial charge in [0.25, 0.3) is 0 Å². The molecule has 2 aliphatic rings. The minimum absolute atomic E-state index is 0.0811. The van der Waals surface area contributed by atoms with Gasteiger partial charge in [0.05, 0.1) is 17.9 Å². The lowest BCUT2D eigenvalue weighted by Crippen LogP contribution is -2.39. The SMILES string of the molecule is CC[C@H]1C[C@@H](C(F)(F)F)n2nc([C@@H]3CCCN3S(=O)(=O)c3cnn(CC)c3)cc2N1. The first-order chi connectivity index (χ1) is 14.1. The van der Waals surface area contributed by atoms with Gasteiger partial charge in [-0.25, -0.2) is 13.1 Å². The van der Waals surface area contributed by atoms with Crippen molar-refractivity contribution in [2.75, 3.05) is 11.9 Å². The number of sulfonamides is 1. The molecule has 2 aromatic rings. The van der Waals surface area contributed by atoms with Gasteiger partial charge < -0.3 is 5.32 Å². The normalized spacial score (nSPS) is 25.3. The van der Waals surface area contributed by atoms with Crippen LogP contribution < -0.4 is 5.32 Å². The van der Waals surface area contributed by atoms with Crippen molar-refractivity contribution in [3.63, 3.8) is 0 Å². The highest BCUT2D eigenvalue weighted by Gasteiger charge is 2.47. The van der Waals surface area contributed by atoms with Crippen molar-refractivity contribution in [3.8, 4) is 0 Å². The van der Waals surface area contributed by atoms with Gasteiger partial charge >= 0.3 is 6.18 Å². The maximum Gasteiger partial charge on any atom is 0.410 e. The summed E-state index contributed by atoms with van der Waals surface area (Å²) in [6, 6.07) is -1.07. The molecular weight excluding hydrogens is 421 g/mol. The molecule has 2 aliphatic heterocycles. The third-order valence-electron chi connectivity index (χ3n) is 5.87. The zero-order chi connectivity index (χ0) is 21.7. The van der Waals surface area contributed by atoms with Crippen molar-refractivity contribution in [1.82, 2.24) is 23.9 Å². The van der Waals surface area contributed by atoms with Crippen molar-refractivity contribution < 1.29 is 21.6 Å². The van der Waals surface area contributed by atoms with Gasteiger partial charge in [-0.3, -0.25) is 4.68 Å². The van der Waals surface area contributed by atoms with E-state index in [-0.39, 0.29) is 23.2 Å². The number of hydrogen-bond donors (Lipinski definition) is 1. The molecule has 0 aromatic carbocycles. The largest absolute Gasteiger partial charge is 0.410 e. The Morgan fingerprint density at radius 2 is 2.07 bits per heavy atom. The van der Waals surface area contributed by atoms with Crippen molar-refractivity contribution >= 4 is 15.8 Å². The number of halogens is 3. The Morgan fingerprint density at radius 3 is 2.70 bits per heavy atom. The first kappa shape index (κ1) is 21.2. The number of hydrogen-bond acceptors (Lipinski definition) is 5. The fraction of sp³-hybridized carbons (Fsp3) is 0.667. The Balaban J connectivity index is 1.68. The van der Waals surface area contributed by atoms with E-state index in [2.05, 4.69) is 15.5 Å². The second-order valence-corrected chi connectivity index (χ2v) is 9.64. The van der Waals surface area contributed by atoms with Gasteiger partial charge in [0.2, 0.25) is 10.0 Å². The first-order valence-electron chi connectivity index (χ1n) is 10.1. The van der Waals surface area contributed by atoms with Crippen LogP contribution in [0.2, 0.25) is 0 Å². The molecular formula is C18H25F3N6O2S. The molecule has 4 heterocycles. The molecule has 0 bridgehead atoms. The third-order valence-corrected chi connectivity index (χ3v) is 7.73. The predicted octanol–water partition coefficient (Wildman–Crippen LogP) is 3.32. The molecule has 0 amide bonds. The van der Waals surface area contributed by atoms with Gasteiger partial charge in [0.1, 0.15) is 10.7 Å². The molecule has 8 nitrogen and oxygen atoms in total.